The molecule has 1 aromatic carbocycles. The maximum atomic E-state index is 10.7. The standard InChI is InChI=1S/C16H19NO2S/c1-3-12-6-4-5-11(2)16(12)17-10-14-8-7-13(20-14)9-15(18)19/h4-8,17H,3,9-10H2,1-2H3,(H,18,19). The maximum Gasteiger partial charge on any atom is 0.308 e. The average Bonchev–Trinajstić information content (AvgIpc) is 2.83. The van der Waals surface area contributed by atoms with Crippen LogP contribution in [0.2, 0.25) is 0 Å². The maximum absolute atomic E-state index is 10.7. The molecule has 0 saturated heterocycles. The van der Waals surface area contributed by atoms with E-state index in [0.717, 1.165) is 22.7 Å². The predicted octanol–water partition coefficient (Wildman–Crippen LogP) is 3.86. The molecule has 2 N–H and O–H groups in total. The molecular formula is C16H19NO2S. The fourth-order valence-corrected chi connectivity index (χ4v) is 3.16. The molecule has 2 aromatic rings. The third-order valence-corrected chi connectivity index (χ3v) is 4.31. The van der Waals surface area contributed by atoms with Crippen LogP contribution >= 0.6 is 11.3 Å². The molecule has 3 nitrogen and oxygen atoms in total. The molecule has 1 heterocycles. The van der Waals surface area contributed by atoms with Crippen LogP contribution in [0.1, 0.15) is 27.8 Å². The zero-order valence-electron chi connectivity index (χ0n) is 11.8. The normalized spacial score (nSPS) is 10.5. The summed E-state index contributed by atoms with van der Waals surface area (Å²) in [4.78, 5) is 12.7. The highest BCUT2D eigenvalue weighted by molar-refractivity contribution is 7.12. The summed E-state index contributed by atoms with van der Waals surface area (Å²) < 4.78 is 0. The molecule has 0 saturated carbocycles. The molecule has 20 heavy (non-hydrogen) atoms. The van der Waals surface area contributed by atoms with Crippen LogP contribution < -0.4 is 5.32 Å². The number of benzene rings is 1. The van der Waals surface area contributed by atoms with Crippen LogP contribution in [0.3, 0.4) is 0 Å². The second-order valence-electron chi connectivity index (χ2n) is 4.75. The van der Waals surface area contributed by atoms with Crippen LogP contribution in [-0.2, 0) is 24.2 Å². The van der Waals surface area contributed by atoms with Crippen LogP contribution in [0, 0.1) is 6.92 Å². The highest BCUT2D eigenvalue weighted by Crippen LogP contribution is 2.24. The first-order chi connectivity index (χ1) is 9.60. The molecule has 1 aromatic heterocycles. The van der Waals surface area contributed by atoms with Gasteiger partial charge in [-0.05, 0) is 36.6 Å². The quantitative estimate of drug-likeness (QED) is 0.849. The van der Waals surface area contributed by atoms with E-state index in [2.05, 4.69) is 37.4 Å². The monoisotopic (exact) mass is 289 g/mol. The number of carboxylic acids is 1. The molecular weight excluding hydrogens is 270 g/mol. The van der Waals surface area contributed by atoms with Crippen molar-refractivity contribution in [3.63, 3.8) is 0 Å². The summed E-state index contributed by atoms with van der Waals surface area (Å²) in [6, 6.07) is 10.2. The van der Waals surface area contributed by atoms with Gasteiger partial charge >= 0.3 is 5.97 Å². The van der Waals surface area contributed by atoms with Crippen molar-refractivity contribution in [2.75, 3.05) is 5.32 Å². The number of nitrogens with one attached hydrogen (secondary N) is 1. The molecule has 0 aliphatic heterocycles. The Bertz CT molecular complexity index is 604. The van der Waals surface area contributed by atoms with Crippen molar-refractivity contribution < 1.29 is 9.90 Å². The minimum Gasteiger partial charge on any atom is -0.481 e. The topological polar surface area (TPSA) is 49.3 Å². The number of thiophene rings is 1. The second kappa shape index (κ2) is 6.57. The molecule has 106 valence electrons. The van der Waals surface area contributed by atoms with Gasteiger partial charge in [0, 0.05) is 22.0 Å². The summed E-state index contributed by atoms with van der Waals surface area (Å²) in [5.74, 6) is -0.779. The number of anilines is 1. The van der Waals surface area contributed by atoms with Crippen molar-refractivity contribution in [2.24, 2.45) is 0 Å². The molecule has 0 aliphatic rings. The summed E-state index contributed by atoms with van der Waals surface area (Å²) in [7, 11) is 0. The van der Waals surface area contributed by atoms with Crippen molar-refractivity contribution >= 4 is 23.0 Å². The van der Waals surface area contributed by atoms with Gasteiger partial charge in [0.05, 0.1) is 6.42 Å². The molecule has 0 radical (unpaired) electrons. The number of hydrogen-bond acceptors (Lipinski definition) is 3. The Kier molecular flexibility index (Phi) is 4.79. The SMILES string of the molecule is CCc1cccc(C)c1NCc1ccc(CC(=O)O)s1. The number of aliphatic carboxylic acids is 1. The van der Waals surface area contributed by atoms with E-state index in [0.29, 0.717) is 0 Å². The van der Waals surface area contributed by atoms with Crippen LogP contribution in [0.25, 0.3) is 0 Å². The lowest BCUT2D eigenvalue weighted by Crippen LogP contribution is -2.02. The Morgan fingerprint density at radius 2 is 2.00 bits per heavy atom. The Labute approximate surface area is 123 Å². The van der Waals surface area contributed by atoms with Gasteiger partial charge < -0.3 is 10.4 Å². The first kappa shape index (κ1) is 14.6. The number of para-hydroxylation sites is 1. The second-order valence-corrected chi connectivity index (χ2v) is 6.01. The van der Waals surface area contributed by atoms with Crippen molar-refractivity contribution in [2.45, 2.75) is 33.2 Å². The fourth-order valence-electron chi connectivity index (χ4n) is 2.21. The Balaban J connectivity index is 2.05. The summed E-state index contributed by atoms with van der Waals surface area (Å²) in [5.41, 5.74) is 3.75. The molecule has 0 fully saturated rings. The smallest absolute Gasteiger partial charge is 0.308 e. The first-order valence-corrected chi connectivity index (χ1v) is 7.53. The number of carbonyl (C=O) groups is 1. The van der Waals surface area contributed by atoms with Crippen molar-refractivity contribution in [1.82, 2.24) is 0 Å². The molecule has 0 unspecified atom stereocenters. The molecule has 4 heteroatoms. The van der Waals surface area contributed by atoms with E-state index in [-0.39, 0.29) is 6.42 Å². The highest BCUT2D eigenvalue weighted by atomic mass is 32.1. The van der Waals surface area contributed by atoms with E-state index < -0.39 is 5.97 Å². The fraction of sp³-hybridized carbons (Fsp3) is 0.312. The minimum absolute atomic E-state index is 0.106. The van der Waals surface area contributed by atoms with Gasteiger partial charge in [-0.25, -0.2) is 0 Å². The molecule has 0 atom stereocenters. The van der Waals surface area contributed by atoms with Crippen LogP contribution in [0.4, 0.5) is 5.69 Å². The van der Waals surface area contributed by atoms with E-state index in [1.54, 1.807) is 11.3 Å². The lowest BCUT2D eigenvalue weighted by Gasteiger charge is -2.13. The lowest BCUT2D eigenvalue weighted by molar-refractivity contribution is -0.136. The van der Waals surface area contributed by atoms with Crippen LogP contribution in [0.5, 0.6) is 0 Å². The molecule has 0 spiro atoms. The highest BCUT2D eigenvalue weighted by Gasteiger charge is 2.07. The molecule has 0 aliphatic carbocycles. The van der Waals surface area contributed by atoms with Gasteiger partial charge in [0.25, 0.3) is 0 Å². The largest absolute Gasteiger partial charge is 0.481 e. The zero-order chi connectivity index (χ0) is 14.5. The van der Waals surface area contributed by atoms with Gasteiger partial charge in [-0.3, -0.25) is 4.79 Å². The number of aryl methyl sites for hydroxylation is 2. The van der Waals surface area contributed by atoms with Crippen molar-refractivity contribution in [3.05, 3.63) is 51.2 Å². The zero-order valence-corrected chi connectivity index (χ0v) is 12.6. The van der Waals surface area contributed by atoms with E-state index in [1.807, 2.05) is 12.1 Å². The van der Waals surface area contributed by atoms with Gasteiger partial charge in [0.15, 0.2) is 0 Å². The predicted molar refractivity (Wildman–Crippen MR) is 83.5 cm³/mol. The summed E-state index contributed by atoms with van der Waals surface area (Å²) >= 11 is 1.56. The van der Waals surface area contributed by atoms with E-state index >= 15 is 0 Å². The number of rotatable bonds is 6. The van der Waals surface area contributed by atoms with Crippen LogP contribution in [-0.4, -0.2) is 11.1 Å². The third kappa shape index (κ3) is 3.61. The third-order valence-electron chi connectivity index (χ3n) is 3.22. The number of hydrogen-bond donors (Lipinski definition) is 2. The molecule has 0 amide bonds. The minimum atomic E-state index is -0.779. The Hall–Kier alpha value is -1.81. The summed E-state index contributed by atoms with van der Waals surface area (Å²) in [5, 5.41) is 12.3. The van der Waals surface area contributed by atoms with Gasteiger partial charge in [-0.15, -0.1) is 11.3 Å². The van der Waals surface area contributed by atoms with Gasteiger partial charge in [0.2, 0.25) is 0 Å². The molecule has 0 bridgehead atoms. The van der Waals surface area contributed by atoms with E-state index in [4.69, 9.17) is 5.11 Å². The summed E-state index contributed by atoms with van der Waals surface area (Å²) in [6.07, 6.45) is 1.11. The van der Waals surface area contributed by atoms with Gasteiger partial charge in [-0.2, -0.15) is 0 Å². The number of carboxylic acid groups (broad SMARTS) is 1. The van der Waals surface area contributed by atoms with Gasteiger partial charge in [-0.1, -0.05) is 25.1 Å². The average molecular weight is 289 g/mol. The lowest BCUT2D eigenvalue weighted by atomic mass is 10.1. The van der Waals surface area contributed by atoms with Crippen molar-refractivity contribution in [1.29, 1.82) is 0 Å². The van der Waals surface area contributed by atoms with Crippen molar-refractivity contribution in [3.8, 4) is 0 Å². The van der Waals surface area contributed by atoms with Crippen LogP contribution in [0.15, 0.2) is 30.3 Å². The first-order valence-electron chi connectivity index (χ1n) is 6.72. The Morgan fingerprint density at radius 3 is 2.70 bits per heavy atom. The summed E-state index contributed by atoms with van der Waals surface area (Å²) in [6.45, 7) is 4.99. The van der Waals surface area contributed by atoms with Gasteiger partial charge in [0.1, 0.15) is 0 Å². The molecule has 2 rings (SSSR count). The van der Waals surface area contributed by atoms with E-state index in [9.17, 15) is 4.79 Å². The Morgan fingerprint density at radius 1 is 1.25 bits per heavy atom. The van der Waals surface area contributed by atoms with E-state index in [1.165, 1.54) is 16.8 Å².